The number of amides is 1. The fraction of sp³-hybridized carbons (Fsp3) is 0.778. The summed E-state index contributed by atoms with van der Waals surface area (Å²) in [6, 6.07) is 0.348. The molecular weight excluding hydrogens is 290 g/mol. The summed E-state index contributed by atoms with van der Waals surface area (Å²) in [7, 11) is 1.44. The largest absolute Gasteiger partial charge is 0.453 e. The zero-order valence-electron chi connectivity index (χ0n) is 15.6. The van der Waals surface area contributed by atoms with E-state index in [4.69, 9.17) is 9.84 Å². The molecule has 0 radical (unpaired) electrons. The van der Waals surface area contributed by atoms with Crippen LogP contribution in [0.25, 0.3) is 0 Å². The summed E-state index contributed by atoms with van der Waals surface area (Å²) in [6.07, 6.45) is 3.65. The number of likely N-dealkylation sites (tertiary alicyclic amines) is 1. The monoisotopic (exact) mass is 321 g/mol. The number of piperidine rings is 1. The van der Waals surface area contributed by atoms with E-state index in [9.17, 15) is 4.79 Å². The van der Waals surface area contributed by atoms with Gasteiger partial charge in [0, 0.05) is 24.2 Å². The van der Waals surface area contributed by atoms with Crippen LogP contribution in [0.2, 0.25) is 0 Å². The molecule has 2 rings (SSSR count). The lowest BCUT2D eigenvalue weighted by molar-refractivity contribution is 0.105. The van der Waals surface area contributed by atoms with Crippen LogP contribution >= 0.6 is 0 Å². The van der Waals surface area contributed by atoms with Crippen LogP contribution in [0.15, 0.2) is 6.20 Å². The molecule has 0 unspecified atom stereocenters. The van der Waals surface area contributed by atoms with E-state index >= 15 is 0 Å². The summed E-state index contributed by atoms with van der Waals surface area (Å²) in [4.78, 5) is 13.4. The van der Waals surface area contributed by atoms with Crippen molar-refractivity contribution in [2.75, 3.05) is 20.2 Å². The highest BCUT2D eigenvalue weighted by Gasteiger charge is 2.33. The van der Waals surface area contributed by atoms with Crippen molar-refractivity contribution >= 4 is 6.09 Å². The van der Waals surface area contributed by atoms with Crippen molar-refractivity contribution in [1.82, 2.24) is 14.7 Å². The maximum atomic E-state index is 11.7. The molecule has 0 atom stereocenters. The number of carbonyl (C=O) groups excluding carboxylic acids is 1. The molecule has 0 bridgehead atoms. The van der Waals surface area contributed by atoms with E-state index in [1.54, 1.807) is 4.90 Å². The van der Waals surface area contributed by atoms with Crippen LogP contribution in [0.5, 0.6) is 0 Å². The summed E-state index contributed by atoms with van der Waals surface area (Å²) in [5, 5.41) is 4.74. The Morgan fingerprint density at radius 1 is 1.13 bits per heavy atom. The molecule has 130 valence electrons. The predicted octanol–water partition coefficient (Wildman–Crippen LogP) is 3.88. The number of nitrogens with zero attached hydrogens (tertiary/aromatic N) is 3. The molecule has 0 saturated carbocycles. The minimum Gasteiger partial charge on any atom is -0.453 e. The number of aromatic nitrogens is 2. The van der Waals surface area contributed by atoms with Crippen molar-refractivity contribution in [3.05, 3.63) is 17.5 Å². The van der Waals surface area contributed by atoms with Crippen molar-refractivity contribution in [3.63, 3.8) is 0 Å². The van der Waals surface area contributed by atoms with Gasteiger partial charge in [0.15, 0.2) is 0 Å². The molecule has 1 aromatic rings. The molecule has 5 heteroatoms. The second-order valence-corrected chi connectivity index (χ2v) is 8.54. The lowest BCUT2D eigenvalue weighted by Crippen LogP contribution is -2.40. The highest BCUT2D eigenvalue weighted by Crippen LogP contribution is 2.37. The van der Waals surface area contributed by atoms with Gasteiger partial charge in [0.2, 0.25) is 0 Å². The Balaban J connectivity index is 2.28. The van der Waals surface area contributed by atoms with Gasteiger partial charge in [-0.3, -0.25) is 4.68 Å². The van der Waals surface area contributed by atoms with Crippen molar-refractivity contribution in [2.45, 2.75) is 71.3 Å². The molecule has 23 heavy (non-hydrogen) atoms. The number of carbonyl (C=O) groups is 1. The second kappa shape index (κ2) is 6.17. The van der Waals surface area contributed by atoms with Gasteiger partial charge >= 0.3 is 6.09 Å². The first-order valence-electron chi connectivity index (χ1n) is 8.47. The van der Waals surface area contributed by atoms with Crippen LogP contribution < -0.4 is 0 Å². The third kappa shape index (κ3) is 3.70. The summed E-state index contributed by atoms with van der Waals surface area (Å²) < 4.78 is 7.04. The minimum absolute atomic E-state index is 0.0403. The van der Waals surface area contributed by atoms with Crippen molar-refractivity contribution in [3.8, 4) is 0 Å². The van der Waals surface area contributed by atoms with E-state index in [1.807, 2.05) is 6.20 Å². The first kappa shape index (κ1) is 17.8. The van der Waals surface area contributed by atoms with Gasteiger partial charge in [-0.15, -0.1) is 0 Å². The zero-order chi connectivity index (χ0) is 17.4. The third-order valence-electron chi connectivity index (χ3n) is 4.56. The highest BCUT2D eigenvalue weighted by atomic mass is 16.5. The van der Waals surface area contributed by atoms with Crippen molar-refractivity contribution in [1.29, 1.82) is 0 Å². The fourth-order valence-electron chi connectivity index (χ4n) is 3.36. The molecule has 1 saturated heterocycles. The number of hydrogen-bond acceptors (Lipinski definition) is 3. The van der Waals surface area contributed by atoms with Crippen LogP contribution in [0.4, 0.5) is 4.79 Å². The zero-order valence-corrected chi connectivity index (χ0v) is 15.6. The number of rotatable bonds is 1. The molecule has 0 aromatic carbocycles. The maximum absolute atomic E-state index is 11.7. The van der Waals surface area contributed by atoms with Crippen LogP contribution in [0.1, 0.15) is 71.7 Å². The topological polar surface area (TPSA) is 47.4 Å². The van der Waals surface area contributed by atoms with Crippen LogP contribution in [0, 0.1) is 0 Å². The number of methoxy groups -OCH3 is 1. The Morgan fingerprint density at radius 2 is 1.70 bits per heavy atom. The standard InChI is InChI=1S/C18H31N3O2/c1-17(2,3)14-12-19-21(15(14)18(4,5)6)13-8-10-20(11-9-13)16(22)23-7/h12-13H,8-11H2,1-7H3. The Hall–Kier alpha value is -1.52. The Bertz CT molecular complexity index is 556. The molecule has 1 amide bonds. The Kier molecular flexibility index (Phi) is 4.79. The fourth-order valence-corrected chi connectivity index (χ4v) is 3.36. The van der Waals surface area contributed by atoms with Crippen molar-refractivity contribution < 1.29 is 9.53 Å². The summed E-state index contributed by atoms with van der Waals surface area (Å²) >= 11 is 0. The van der Waals surface area contributed by atoms with Gasteiger partial charge in [-0.1, -0.05) is 41.5 Å². The normalized spacial score (nSPS) is 17.4. The van der Waals surface area contributed by atoms with Gasteiger partial charge in [0.1, 0.15) is 0 Å². The quantitative estimate of drug-likeness (QED) is 0.788. The molecule has 5 nitrogen and oxygen atoms in total. The van der Waals surface area contributed by atoms with Gasteiger partial charge in [-0.2, -0.15) is 5.10 Å². The molecule has 1 aromatic heterocycles. The number of ether oxygens (including phenoxy) is 1. The molecule has 0 spiro atoms. The Morgan fingerprint density at radius 3 is 2.13 bits per heavy atom. The van der Waals surface area contributed by atoms with E-state index < -0.39 is 0 Å². The van der Waals surface area contributed by atoms with Crippen LogP contribution in [-0.4, -0.2) is 41.0 Å². The molecule has 1 aliphatic rings. The molecule has 1 fully saturated rings. The van der Waals surface area contributed by atoms with Gasteiger partial charge < -0.3 is 9.64 Å². The summed E-state index contributed by atoms with van der Waals surface area (Å²) in [6.45, 7) is 14.9. The van der Waals surface area contributed by atoms with Crippen molar-refractivity contribution in [2.24, 2.45) is 0 Å². The van der Waals surface area contributed by atoms with Crippen LogP contribution in [0.3, 0.4) is 0 Å². The number of hydrogen-bond donors (Lipinski definition) is 0. The van der Waals surface area contributed by atoms with Gasteiger partial charge in [-0.25, -0.2) is 4.79 Å². The van der Waals surface area contributed by atoms with Gasteiger partial charge in [-0.05, 0) is 23.8 Å². The lowest BCUT2D eigenvalue weighted by atomic mass is 9.79. The average molecular weight is 321 g/mol. The Labute approximate surface area is 140 Å². The van der Waals surface area contributed by atoms with E-state index in [2.05, 4.69) is 46.2 Å². The first-order valence-corrected chi connectivity index (χ1v) is 8.47. The molecule has 1 aliphatic heterocycles. The van der Waals surface area contributed by atoms with Gasteiger partial charge in [0.05, 0.1) is 19.3 Å². The predicted molar refractivity (Wildman–Crippen MR) is 91.9 cm³/mol. The summed E-state index contributed by atoms with van der Waals surface area (Å²) in [5.41, 5.74) is 2.76. The third-order valence-corrected chi connectivity index (χ3v) is 4.56. The maximum Gasteiger partial charge on any atom is 0.409 e. The lowest BCUT2D eigenvalue weighted by Gasteiger charge is -2.35. The van der Waals surface area contributed by atoms with Crippen LogP contribution in [-0.2, 0) is 15.6 Å². The molecular formula is C18H31N3O2. The SMILES string of the molecule is COC(=O)N1CCC(n2ncc(C(C)(C)C)c2C(C)(C)C)CC1. The summed E-state index contributed by atoms with van der Waals surface area (Å²) in [5.74, 6) is 0. The van der Waals surface area contributed by atoms with E-state index in [-0.39, 0.29) is 16.9 Å². The minimum atomic E-state index is -0.227. The van der Waals surface area contributed by atoms with E-state index in [1.165, 1.54) is 18.4 Å². The second-order valence-electron chi connectivity index (χ2n) is 8.54. The average Bonchev–Trinajstić information content (AvgIpc) is 2.91. The molecule has 0 aliphatic carbocycles. The van der Waals surface area contributed by atoms with E-state index in [0.29, 0.717) is 6.04 Å². The highest BCUT2D eigenvalue weighted by molar-refractivity contribution is 5.67. The molecule has 2 heterocycles. The van der Waals surface area contributed by atoms with Gasteiger partial charge in [0.25, 0.3) is 0 Å². The first-order chi connectivity index (χ1) is 10.6. The van der Waals surface area contributed by atoms with E-state index in [0.717, 1.165) is 25.9 Å². The molecule has 0 N–H and O–H groups in total. The smallest absolute Gasteiger partial charge is 0.409 e.